The molecule has 0 saturated heterocycles. The molecule has 0 radical (unpaired) electrons. The Labute approximate surface area is 169 Å². The molecule has 0 saturated carbocycles. The van der Waals surface area contributed by atoms with Crippen LogP contribution in [0.25, 0.3) is 12.2 Å². The third-order valence-corrected chi connectivity index (χ3v) is 12.4. The van der Waals surface area contributed by atoms with Crippen molar-refractivity contribution in [3.8, 4) is 0 Å². The second-order valence-corrected chi connectivity index (χ2v) is 12.8. The van der Waals surface area contributed by atoms with E-state index < -0.39 is 8.07 Å². The minimum absolute atomic E-state index is 0.505. The molecule has 3 aromatic rings. The summed E-state index contributed by atoms with van der Waals surface area (Å²) in [5, 5.41) is 1.55. The monoisotopic (exact) mass is 378 g/mol. The molecule has 0 bridgehead atoms. The molecule has 0 amide bonds. The Morgan fingerprint density at radius 2 is 1.00 bits per heavy atom. The van der Waals surface area contributed by atoms with E-state index in [2.05, 4.69) is 111 Å². The summed E-state index contributed by atoms with van der Waals surface area (Å²) in [5.74, 6) is 0. The van der Waals surface area contributed by atoms with Crippen LogP contribution < -0.4 is 5.19 Å². The molecule has 0 spiro atoms. The predicted octanol–water partition coefficient (Wildman–Crippen LogP) is 6.45. The molecule has 0 heterocycles. The highest BCUT2D eigenvalue weighted by Crippen LogP contribution is 2.51. The zero-order valence-electron chi connectivity index (χ0n) is 16.8. The highest BCUT2D eigenvalue weighted by atomic mass is 28.3. The minimum Gasteiger partial charge on any atom is -0.0675 e. The van der Waals surface area contributed by atoms with Crippen LogP contribution in [0.15, 0.2) is 90.0 Å². The van der Waals surface area contributed by atoms with Gasteiger partial charge in [-0.25, -0.2) is 0 Å². The maximum absolute atomic E-state index is 2.62. The van der Waals surface area contributed by atoms with Crippen LogP contribution in [0.1, 0.15) is 47.2 Å². The van der Waals surface area contributed by atoms with Gasteiger partial charge in [-0.3, -0.25) is 0 Å². The molecule has 138 valence electrons. The van der Waals surface area contributed by atoms with Gasteiger partial charge in [-0.15, -0.1) is 0 Å². The van der Waals surface area contributed by atoms with Gasteiger partial charge in [-0.05, 0) is 36.1 Å². The highest BCUT2D eigenvalue weighted by Gasteiger charge is 2.50. The van der Waals surface area contributed by atoms with Crippen molar-refractivity contribution < 1.29 is 0 Å². The van der Waals surface area contributed by atoms with Crippen LogP contribution in [0.5, 0.6) is 0 Å². The van der Waals surface area contributed by atoms with Crippen LogP contribution in [-0.2, 0) is 0 Å². The number of benzene rings is 3. The average molecular weight is 379 g/mol. The first-order chi connectivity index (χ1) is 13.6. The summed E-state index contributed by atoms with van der Waals surface area (Å²) in [5.41, 5.74) is 9.93. The maximum Gasteiger partial charge on any atom is 0.106 e. The first kappa shape index (κ1) is 17.5. The molecule has 2 atom stereocenters. The summed E-state index contributed by atoms with van der Waals surface area (Å²) in [6.45, 7) is 7.31. The van der Waals surface area contributed by atoms with Crippen molar-refractivity contribution in [2.75, 3.05) is 0 Å². The van der Waals surface area contributed by atoms with E-state index in [0.29, 0.717) is 11.1 Å². The molecule has 28 heavy (non-hydrogen) atoms. The Hall–Kier alpha value is -2.64. The number of hydrogen-bond donors (Lipinski definition) is 0. The molecule has 0 fully saturated rings. The van der Waals surface area contributed by atoms with Gasteiger partial charge < -0.3 is 0 Å². The zero-order valence-corrected chi connectivity index (χ0v) is 17.8. The van der Waals surface area contributed by atoms with Gasteiger partial charge >= 0.3 is 0 Å². The third kappa shape index (κ3) is 2.43. The van der Waals surface area contributed by atoms with Crippen LogP contribution in [0, 0.1) is 0 Å². The zero-order chi connectivity index (χ0) is 19.3. The molecule has 2 aliphatic carbocycles. The summed E-state index contributed by atoms with van der Waals surface area (Å²) in [6.07, 6.45) is 4.85. The molecule has 0 N–H and O–H groups in total. The molecule has 1 heteroatoms. The van der Waals surface area contributed by atoms with E-state index in [1.165, 1.54) is 33.4 Å². The molecule has 2 aliphatic rings. The quantitative estimate of drug-likeness (QED) is 0.459. The summed E-state index contributed by atoms with van der Waals surface area (Å²) in [7, 11) is -2.02. The predicted molar refractivity (Wildman–Crippen MR) is 123 cm³/mol. The molecule has 5 rings (SSSR count). The highest BCUT2D eigenvalue weighted by molar-refractivity contribution is 6.94. The van der Waals surface area contributed by atoms with Crippen molar-refractivity contribution in [1.82, 2.24) is 0 Å². The first-order valence-corrected chi connectivity index (χ1v) is 12.9. The fourth-order valence-corrected chi connectivity index (χ4v) is 11.6. The van der Waals surface area contributed by atoms with Crippen molar-refractivity contribution in [3.63, 3.8) is 0 Å². The fourth-order valence-electron chi connectivity index (χ4n) is 5.85. The van der Waals surface area contributed by atoms with Crippen molar-refractivity contribution in [2.45, 2.75) is 31.5 Å². The smallest absolute Gasteiger partial charge is 0.0675 e. The summed E-state index contributed by atoms with van der Waals surface area (Å²) >= 11 is 0. The van der Waals surface area contributed by atoms with Crippen molar-refractivity contribution in [3.05, 3.63) is 112 Å². The number of hydrogen-bond acceptors (Lipinski definition) is 0. The van der Waals surface area contributed by atoms with Crippen molar-refractivity contribution in [1.29, 1.82) is 0 Å². The third-order valence-electron chi connectivity index (χ3n) is 6.89. The van der Waals surface area contributed by atoms with Gasteiger partial charge in [0, 0.05) is 11.1 Å². The normalized spacial score (nSPS) is 22.1. The largest absolute Gasteiger partial charge is 0.106 e. The molecule has 0 aliphatic heterocycles. The Balaban J connectivity index is 1.78. The van der Waals surface area contributed by atoms with Crippen molar-refractivity contribution >= 4 is 25.4 Å². The summed E-state index contributed by atoms with van der Waals surface area (Å²) in [6, 6.07) is 29.4. The lowest BCUT2D eigenvalue weighted by atomic mass is 10.1. The van der Waals surface area contributed by atoms with E-state index in [1.807, 2.05) is 0 Å². The second kappa shape index (κ2) is 6.46. The van der Waals surface area contributed by atoms with Gasteiger partial charge in [-0.1, -0.05) is 114 Å². The number of allylic oxidation sites excluding steroid dienone is 2. The van der Waals surface area contributed by atoms with Gasteiger partial charge in [-0.2, -0.15) is 0 Å². The van der Waals surface area contributed by atoms with Gasteiger partial charge in [0.2, 0.25) is 0 Å². The van der Waals surface area contributed by atoms with E-state index in [4.69, 9.17) is 0 Å². The number of fused-ring (bicyclic) bond motifs is 2. The maximum atomic E-state index is 2.62. The molecule has 0 nitrogen and oxygen atoms in total. The lowest BCUT2D eigenvalue weighted by molar-refractivity contribution is 0.980. The Morgan fingerprint density at radius 1 is 0.571 bits per heavy atom. The fraction of sp³-hybridized carbons (Fsp3) is 0.185. The molecule has 0 aromatic heterocycles. The summed E-state index contributed by atoms with van der Waals surface area (Å²) in [4.78, 5) is 0. The molecular weight excluding hydrogens is 352 g/mol. The van der Waals surface area contributed by atoms with E-state index in [9.17, 15) is 0 Å². The molecular formula is C27H26Si. The van der Waals surface area contributed by atoms with Crippen molar-refractivity contribution in [2.24, 2.45) is 0 Å². The van der Waals surface area contributed by atoms with E-state index in [-0.39, 0.29) is 0 Å². The lowest BCUT2D eigenvalue weighted by Crippen LogP contribution is -2.55. The Morgan fingerprint density at radius 3 is 1.50 bits per heavy atom. The van der Waals surface area contributed by atoms with Crippen LogP contribution in [0.2, 0.25) is 6.55 Å². The standard InChI is InChI=1S/C27H26Si/c1-19-17-21-11-7-9-15-24(21)26(19)28(3,23-13-5-4-6-14-23)27-20(2)18-22-12-8-10-16-25(22)27/h4-18,26-27H,1-3H3. The van der Waals surface area contributed by atoms with E-state index in [0.717, 1.165) is 0 Å². The van der Waals surface area contributed by atoms with Gasteiger partial charge in [0.25, 0.3) is 0 Å². The van der Waals surface area contributed by atoms with E-state index in [1.54, 1.807) is 5.19 Å². The van der Waals surface area contributed by atoms with Crippen LogP contribution in [0.4, 0.5) is 0 Å². The van der Waals surface area contributed by atoms with E-state index >= 15 is 0 Å². The molecule has 2 unspecified atom stereocenters. The second-order valence-electron chi connectivity index (χ2n) is 8.55. The Bertz CT molecular complexity index is 1040. The van der Waals surface area contributed by atoms with Crippen LogP contribution >= 0.6 is 0 Å². The van der Waals surface area contributed by atoms with Gasteiger partial charge in [0.1, 0.15) is 8.07 Å². The first-order valence-electron chi connectivity index (χ1n) is 10.2. The van der Waals surface area contributed by atoms with Gasteiger partial charge in [0.15, 0.2) is 0 Å². The SMILES string of the molecule is CC1=Cc2ccccc2C1[Si](C)(c1ccccc1)C1C(C)=Cc2ccccc21. The Kier molecular flexibility index (Phi) is 4.03. The van der Waals surface area contributed by atoms with Gasteiger partial charge in [0.05, 0.1) is 0 Å². The topological polar surface area (TPSA) is 0 Å². The minimum atomic E-state index is -2.02. The van der Waals surface area contributed by atoms with Crippen LogP contribution in [0.3, 0.4) is 0 Å². The average Bonchev–Trinajstić information content (AvgIpc) is 3.24. The summed E-state index contributed by atoms with van der Waals surface area (Å²) < 4.78 is 0. The molecule has 3 aromatic carbocycles. The lowest BCUT2D eigenvalue weighted by Gasteiger charge is -2.42. The number of rotatable bonds is 3. The van der Waals surface area contributed by atoms with Crippen LogP contribution in [-0.4, -0.2) is 8.07 Å².